The van der Waals surface area contributed by atoms with Gasteiger partial charge in [0, 0.05) is 17.8 Å². The highest BCUT2D eigenvalue weighted by Gasteiger charge is 2.31. The van der Waals surface area contributed by atoms with Gasteiger partial charge in [-0.1, -0.05) is 0 Å². The molecule has 1 aromatic carbocycles. The fraction of sp³-hybridized carbons (Fsp3) is 0.333. The molecule has 0 aliphatic carbocycles. The zero-order chi connectivity index (χ0) is 17.1. The van der Waals surface area contributed by atoms with Crippen LogP contribution in [0.15, 0.2) is 35.5 Å². The average molecular weight is 335 g/mol. The number of nitro benzene ring substituents is 1. The molecule has 2 N–H and O–H groups in total. The molecular weight excluding hydrogens is 318 g/mol. The first-order valence-electron chi connectivity index (χ1n) is 7.03. The van der Waals surface area contributed by atoms with Crippen molar-refractivity contribution in [1.82, 2.24) is 10.6 Å². The minimum atomic E-state index is -0.518. The number of nitrogens with zero attached hydrogens (tertiary/aromatic N) is 1. The predicted octanol–water partition coefficient (Wildman–Crippen LogP) is 2.34. The van der Waals surface area contributed by atoms with Crippen molar-refractivity contribution in [2.75, 3.05) is 0 Å². The van der Waals surface area contributed by atoms with Gasteiger partial charge in [-0.25, -0.2) is 4.79 Å². The Bertz CT molecular complexity index is 682. The van der Waals surface area contributed by atoms with Gasteiger partial charge in [-0.15, -0.1) is 0 Å². The van der Waals surface area contributed by atoms with Gasteiger partial charge < -0.3 is 15.4 Å². The number of carbonyl (C=O) groups is 1. The first-order chi connectivity index (χ1) is 10.8. The third kappa shape index (κ3) is 3.84. The number of thiocarbonyl (C=S) groups is 1. The summed E-state index contributed by atoms with van der Waals surface area (Å²) in [6, 6.07) is 5.46. The standard InChI is InChI=1S/C15H17N3O4S/c1-8(2)22-14(19)12-9(3)16-15(23)17-13(12)10-4-6-11(7-5-10)18(20)21/h4-8,13H,1-3H3,(H2,16,17,23)/t13-/m0/s1. The Kier molecular flexibility index (Phi) is 4.95. The summed E-state index contributed by atoms with van der Waals surface area (Å²) in [5.74, 6) is -0.455. The molecule has 1 atom stereocenters. The lowest BCUT2D eigenvalue weighted by atomic mass is 9.95. The van der Waals surface area contributed by atoms with Crippen LogP contribution in [0.3, 0.4) is 0 Å². The maximum atomic E-state index is 12.4. The van der Waals surface area contributed by atoms with E-state index in [4.69, 9.17) is 17.0 Å². The van der Waals surface area contributed by atoms with Crippen molar-refractivity contribution < 1.29 is 14.5 Å². The van der Waals surface area contributed by atoms with E-state index in [-0.39, 0.29) is 11.8 Å². The summed E-state index contributed by atoms with van der Waals surface area (Å²) in [5, 5.41) is 17.1. The molecular formula is C15H17N3O4S. The van der Waals surface area contributed by atoms with Crippen LogP contribution in [0, 0.1) is 10.1 Å². The highest BCUT2D eigenvalue weighted by Crippen LogP contribution is 2.29. The van der Waals surface area contributed by atoms with Gasteiger partial charge in [0.2, 0.25) is 0 Å². The Balaban J connectivity index is 2.40. The van der Waals surface area contributed by atoms with E-state index in [1.807, 2.05) is 0 Å². The lowest BCUT2D eigenvalue weighted by Gasteiger charge is -2.30. The molecule has 1 aromatic rings. The number of nitro groups is 1. The maximum Gasteiger partial charge on any atom is 0.338 e. The largest absolute Gasteiger partial charge is 0.459 e. The van der Waals surface area contributed by atoms with Crippen LogP contribution in [0.25, 0.3) is 0 Å². The highest BCUT2D eigenvalue weighted by atomic mass is 32.1. The molecule has 0 saturated carbocycles. The summed E-state index contributed by atoms with van der Waals surface area (Å²) >= 11 is 5.14. The van der Waals surface area contributed by atoms with Gasteiger partial charge in [0.1, 0.15) is 0 Å². The number of esters is 1. The van der Waals surface area contributed by atoms with E-state index in [2.05, 4.69) is 10.6 Å². The first kappa shape index (κ1) is 16.9. The summed E-state index contributed by atoms with van der Waals surface area (Å²) in [5.41, 5.74) is 1.68. The van der Waals surface area contributed by atoms with Crippen LogP contribution in [0.5, 0.6) is 0 Å². The Labute approximate surface area is 138 Å². The van der Waals surface area contributed by atoms with Crippen molar-refractivity contribution in [2.24, 2.45) is 0 Å². The number of hydrogen-bond acceptors (Lipinski definition) is 5. The van der Waals surface area contributed by atoms with Crippen molar-refractivity contribution in [3.8, 4) is 0 Å². The molecule has 0 spiro atoms. The summed E-state index contributed by atoms with van der Waals surface area (Å²) in [6.45, 7) is 5.27. The van der Waals surface area contributed by atoms with Gasteiger partial charge in [0.15, 0.2) is 5.11 Å². The third-order valence-electron chi connectivity index (χ3n) is 3.27. The smallest absolute Gasteiger partial charge is 0.338 e. The molecule has 0 radical (unpaired) electrons. The summed E-state index contributed by atoms with van der Waals surface area (Å²) in [6.07, 6.45) is -0.255. The van der Waals surface area contributed by atoms with Gasteiger partial charge in [-0.05, 0) is 50.7 Å². The molecule has 1 aliphatic rings. The van der Waals surface area contributed by atoms with E-state index < -0.39 is 16.9 Å². The molecule has 8 heteroatoms. The van der Waals surface area contributed by atoms with E-state index >= 15 is 0 Å². The quantitative estimate of drug-likeness (QED) is 0.377. The van der Waals surface area contributed by atoms with E-state index in [9.17, 15) is 14.9 Å². The van der Waals surface area contributed by atoms with E-state index in [0.717, 1.165) is 0 Å². The van der Waals surface area contributed by atoms with Crippen LogP contribution in [-0.2, 0) is 9.53 Å². The molecule has 0 aromatic heterocycles. The number of rotatable bonds is 4. The Morgan fingerprint density at radius 2 is 1.96 bits per heavy atom. The van der Waals surface area contributed by atoms with Gasteiger partial charge in [0.25, 0.3) is 5.69 Å². The average Bonchev–Trinajstić information content (AvgIpc) is 2.45. The van der Waals surface area contributed by atoms with Crippen LogP contribution >= 0.6 is 12.2 Å². The predicted molar refractivity (Wildman–Crippen MR) is 88.6 cm³/mol. The van der Waals surface area contributed by atoms with Gasteiger partial charge in [-0.2, -0.15) is 0 Å². The van der Waals surface area contributed by atoms with Gasteiger partial charge in [-0.3, -0.25) is 10.1 Å². The molecule has 0 fully saturated rings. The molecule has 0 bridgehead atoms. The lowest BCUT2D eigenvalue weighted by Crippen LogP contribution is -2.45. The van der Waals surface area contributed by atoms with Crippen molar-refractivity contribution in [3.05, 3.63) is 51.2 Å². The number of carbonyl (C=O) groups excluding carboxylic acids is 1. The second-order valence-corrected chi connectivity index (χ2v) is 5.78. The van der Waals surface area contributed by atoms with E-state index in [0.29, 0.717) is 21.9 Å². The minimum absolute atomic E-state index is 0.0164. The fourth-order valence-corrected chi connectivity index (χ4v) is 2.55. The number of allylic oxidation sites excluding steroid dienone is 1. The molecule has 122 valence electrons. The van der Waals surface area contributed by atoms with Crippen molar-refractivity contribution in [2.45, 2.75) is 32.9 Å². The molecule has 23 heavy (non-hydrogen) atoms. The zero-order valence-electron chi connectivity index (χ0n) is 13.0. The Hall–Kier alpha value is -2.48. The van der Waals surface area contributed by atoms with Crippen LogP contribution in [0.1, 0.15) is 32.4 Å². The lowest BCUT2D eigenvalue weighted by molar-refractivity contribution is -0.384. The van der Waals surface area contributed by atoms with E-state index in [1.165, 1.54) is 12.1 Å². The molecule has 0 saturated heterocycles. The number of non-ortho nitro benzene ring substituents is 1. The first-order valence-corrected chi connectivity index (χ1v) is 7.44. The number of hydrogen-bond donors (Lipinski definition) is 2. The van der Waals surface area contributed by atoms with Crippen LogP contribution in [0.4, 0.5) is 5.69 Å². The second kappa shape index (κ2) is 6.74. The molecule has 0 amide bonds. The summed E-state index contributed by atoms with van der Waals surface area (Å²) < 4.78 is 5.28. The molecule has 1 aliphatic heterocycles. The number of benzene rings is 1. The van der Waals surface area contributed by atoms with Gasteiger partial charge >= 0.3 is 5.97 Å². The monoisotopic (exact) mass is 335 g/mol. The number of nitrogens with one attached hydrogen (secondary N) is 2. The van der Waals surface area contributed by atoms with Crippen molar-refractivity contribution in [3.63, 3.8) is 0 Å². The minimum Gasteiger partial charge on any atom is -0.459 e. The van der Waals surface area contributed by atoms with Gasteiger partial charge in [0.05, 0.1) is 22.6 Å². The molecule has 2 rings (SSSR count). The molecule has 0 unspecified atom stereocenters. The highest BCUT2D eigenvalue weighted by molar-refractivity contribution is 7.80. The van der Waals surface area contributed by atoms with E-state index in [1.54, 1.807) is 32.9 Å². The maximum absolute atomic E-state index is 12.4. The zero-order valence-corrected chi connectivity index (χ0v) is 13.8. The molecule has 7 nitrogen and oxygen atoms in total. The SMILES string of the molecule is CC1=C(C(=O)OC(C)C)[C@H](c2ccc([N+](=O)[O-])cc2)NC(=S)N1. The Morgan fingerprint density at radius 1 is 1.35 bits per heavy atom. The van der Waals surface area contributed by atoms with Crippen molar-refractivity contribution in [1.29, 1.82) is 0 Å². The second-order valence-electron chi connectivity index (χ2n) is 5.37. The summed E-state index contributed by atoms with van der Waals surface area (Å²) in [7, 11) is 0. The fourth-order valence-electron chi connectivity index (χ4n) is 2.28. The normalized spacial score (nSPS) is 17.6. The van der Waals surface area contributed by atoms with Crippen LogP contribution < -0.4 is 10.6 Å². The van der Waals surface area contributed by atoms with Crippen LogP contribution in [0.2, 0.25) is 0 Å². The summed E-state index contributed by atoms with van der Waals surface area (Å²) in [4.78, 5) is 22.7. The molecule has 1 heterocycles. The topological polar surface area (TPSA) is 93.5 Å². The Morgan fingerprint density at radius 3 is 2.48 bits per heavy atom. The van der Waals surface area contributed by atoms with Crippen LogP contribution in [-0.4, -0.2) is 22.1 Å². The van der Waals surface area contributed by atoms with Crippen molar-refractivity contribution >= 4 is 29.0 Å². The number of ether oxygens (including phenoxy) is 1. The third-order valence-corrected chi connectivity index (χ3v) is 3.49.